The van der Waals surface area contributed by atoms with Crippen LogP contribution < -0.4 is 5.73 Å². The second-order valence-corrected chi connectivity index (χ2v) is 4.73. The van der Waals surface area contributed by atoms with Crippen LogP contribution in [-0.2, 0) is 7.05 Å². The fraction of sp³-hybridized carbons (Fsp3) is 0.308. The number of nitrogens with zero attached hydrogens (tertiary/aromatic N) is 3. The van der Waals surface area contributed by atoms with Gasteiger partial charge in [0.1, 0.15) is 5.82 Å². The Morgan fingerprint density at radius 1 is 1.42 bits per heavy atom. The van der Waals surface area contributed by atoms with Crippen LogP contribution in [0.5, 0.6) is 0 Å². The largest absolute Gasteiger partial charge is 0.384 e. The topological polar surface area (TPSA) is 87.0 Å². The van der Waals surface area contributed by atoms with Gasteiger partial charge >= 0.3 is 0 Å². The van der Waals surface area contributed by atoms with E-state index < -0.39 is 4.92 Å². The normalized spacial score (nSPS) is 10.9. The first-order valence-electron chi connectivity index (χ1n) is 5.99. The van der Waals surface area contributed by atoms with Gasteiger partial charge in [-0.25, -0.2) is 0 Å². The van der Waals surface area contributed by atoms with Crippen molar-refractivity contribution in [1.29, 1.82) is 0 Å². The van der Waals surface area contributed by atoms with Crippen molar-refractivity contribution in [2.75, 3.05) is 5.73 Å². The minimum Gasteiger partial charge on any atom is -0.384 e. The summed E-state index contributed by atoms with van der Waals surface area (Å²) in [5.41, 5.74) is 8.40. The molecule has 6 heteroatoms. The van der Waals surface area contributed by atoms with Crippen LogP contribution >= 0.6 is 0 Å². The molecular weight excluding hydrogens is 244 g/mol. The molecule has 0 saturated carbocycles. The Labute approximate surface area is 111 Å². The van der Waals surface area contributed by atoms with Crippen molar-refractivity contribution < 1.29 is 4.92 Å². The molecule has 0 bridgehead atoms. The lowest BCUT2D eigenvalue weighted by atomic mass is 9.98. The molecule has 0 atom stereocenters. The summed E-state index contributed by atoms with van der Waals surface area (Å²) >= 11 is 0. The van der Waals surface area contributed by atoms with E-state index in [-0.39, 0.29) is 11.6 Å². The molecule has 1 heterocycles. The molecule has 0 saturated heterocycles. The highest BCUT2D eigenvalue weighted by Crippen LogP contribution is 2.33. The molecule has 0 fully saturated rings. The van der Waals surface area contributed by atoms with E-state index in [2.05, 4.69) is 5.10 Å². The molecular formula is C13H16N4O2. The molecule has 2 N–H and O–H groups in total. The molecule has 0 aliphatic heterocycles. The SMILES string of the molecule is CC(C)c1c(-c2cccc([N+](=O)[O-])c2)nn(C)c1N. The van der Waals surface area contributed by atoms with Gasteiger partial charge < -0.3 is 5.73 Å². The van der Waals surface area contributed by atoms with Crippen molar-refractivity contribution in [3.63, 3.8) is 0 Å². The Bertz CT molecular complexity index is 632. The van der Waals surface area contributed by atoms with Gasteiger partial charge in [0, 0.05) is 30.3 Å². The van der Waals surface area contributed by atoms with E-state index in [0.717, 1.165) is 5.56 Å². The van der Waals surface area contributed by atoms with Crippen LogP contribution in [0.2, 0.25) is 0 Å². The summed E-state index contributed by atoms with van der Waals surface area (Å²) in [6.45, 7) is 4.04. The Balaban J connectivity index is 2.62. The maximum absolute atomic E-state index is 10.8. The number of non-ortho nitro benzene ring substituents is 1. The first-order chi connectivity index (χ1) is 8.91. The number of aromatic nitrogens is 2. The fourth-order valence-corrected chi connectivity index (χ4v) is 2.10. The summed E-state index contributed by atoms with van der Waals surface area (Å²) in [5.74, 6) is 0.791. The quantitative estimate of drug-likeness (QED) is 0.679. The highest BCUT2D eigenvalue weighted by Gasteiger charge is 2.19. The third kappa shape index (κ3) is 2.29. The number of nitro groups is 1. The second-order valence-electron chi connectivity index (χ2n) is 4.73. The van der Waals surface area contributed by atoms with Crippen molar-refractivity contribution in [3.8, 4) is 11.3 Å². The molecule has 0 aliphatic carbocycles. The maximum atomic E-state index is 10.8. The molecule has 2 rings (SSSR count). The van der Waals surface area contributed by atoms with Gasteiger partial charge in [-0.2, -0.15) is 5.10 Å². The molecule has 1 aromatic carbocycles. The Hall–Kier alpha value is -2.37. The van der Waals surface area contributed by atoms with E-state index in [0.29, 0.717) is 17.1 Å². The smallest absolute Gasteiger partial charge is 0.270 e. The third-order valence-electron chi connectivity index (χ3n) is 3.04. The molecule has 100 valence electrons. The van der Waals surface area contributed by atoms with Gasteiger partial charge in [-0.15, -0.1) is 0 Å². The number of rotatable bonds is 3. The molecule has 2 aromatic rings. The minimum absolute atomic E-state index is 0.0523. The number of nitro benzene ring substituents is 1. The molecule has 6 nitrogen and oxygen atoms in total. The lowest BCUT2D eigenvalue weighted by Gasteiger charge is -2.07. The van der Waals surface area contributed by atoms with E-state index in [9.17, 15) is 10.1 Å². The van der Waals surface area contributed by atoms with Crippen molar-refractivity contribution in [1.82, 2.24) is 9.78 Å². The number of anilines is 1. The summed E-state index contributed by atoms with van der Waals surface area (Å²) in [4.78, 5) is 10.4. The van der Waals surface area contributed by atoms with Gasteiger partial charge in [0.25, 0.3) is 5.69 Å². The van der Waals surface area contributed by atoms with Gasteiger partial charge in [-0.1, -0.05) is 26.0 Å². The van der Waals surface area contributed by atoms with Crippen LogP contribution in [0.1, 0.15) is 25.3 Å². The van der Waals surface area contributed by atoms with Gasteiger partial charge in [0.15, 0.2) is 0 Å². The molecule has 0 radical (unpaired) electrons. The Kier molecular flexibility index (Phi) is 3.25. The first kappa shape index (κ1) is 13.1. The van der Waals surface area contributed by atoms with Crippen molar-refractivity contribution >= 4 is 11.5 Å². The van der Waals surface area contributed by atoms with Crippen LogP contribution in [0.4, 0.5) is 11.5 Å². The van der Waals surface area contributed by atoms with Crippen LogP contribution in [0.3, 0.4) is 0 Å². The molecule has 0 aliphatic rings. The van der Waals surface area contributed by atoms with E-state index >= 15 is 0 Å². The minimum atomic E-state index is -0.412. The van der Waals surface area contributed by atoms with Crippen molar-refractivity contribution in [3.05, 3.63) is 39.9 Å². The molecule has 19 heavy (non-hydrogen) atoms. The van der Waals surface area contributed by atoms with Gasteiger partial charge in [0.05, 0.1) is 10.6 Å². The van der Waals surface area contributed by atoms with E-state index in [1.54, 1.807) is 23.9 Å². The zero-order valence-electron chi connectivity index (χ0n) is 11.1. The lowest BCUT2D eigenvalue weighted by molar-refractivity contribution is -0.384. The molecule has 1 aromatic heterocycles. The number of hydrogen-bond donors (Lipinski definition) is 1. The van der Waals surface area contributed by atoms with E-state index in [4.69, 9.17) is 5.73 Å². The summed E-state index contributed by atoms with van der Waals surface area (Å²) in [6.07, 6.45) is 0. The highest BCUT2D eigenvalue weighted by atomic mass is 16.6. The number of hydrogen-bond acceptors (Lipinski definition) is 4. The first-order valence-corrected chi connectivity index (χ1v) is 5.99. The van der Waals surface area contributed by atoms with Crippen LogP contribution in [0.15, 0.2) is 24.3 Å². The summed E-state index contributed by atoms with van der Waals surface area (Å²) < 4.78 is 1.60. The average molecular weight is 260 g/mol. The Morgan fingerprint density at radius 3 is 2.68 bits per heavy atom. The average Bonchev–Trinajstić information content (AvgIpc) is 2.66. The maximum Gasteiger partial charge on any atom is 0.270 e. The molecule has 0 unspecified atom stereocenters. The van der Waals surface area contributed by atoms with E-state index in [1.807, 2.05) is 13.8 Å². The fourth-order valence-electron chi connectivity index (χ4n) is 2.10. The highest BCUT2D eigenvalue weighted by molar-refractivity contribution is 5.71. The lowest BCUT2D eigenvalue weighted by Crippen LogP contribution is -2.00. The monoisotopic (exact) mass is 260 g/mol. The zero-order chi connectivity index (χ0) is 14.2. The van der Waals surface area contributed by atoms with Crippen LogP contribution in [-0.4, -0.2) is 14.7 Å². The van der Waals surface area contributed by atoms with Gasteiger partial charge in [-0.05, 0) is 5.92 Å². The number of nitrogens with two attached hydrogens (primary N) is 1. The molecule has 0 amide bonds. The zero-order valence-corrected chi connectivity index (χ0v) is 11.1. The molecule has 0 spiro atoms. The van der Waals surface area contributed by atoms with Gasteiger partial charge in [-0.3, -0.25) is 14.8 Å². The van der Waals surface area contributed by atoms with Gasteiger partial charge in [0.2, 0.25) is 0 Å². The van der Waals surface area contributed by atoms with E-state index in [1.165, 1.54) is 12.1 Å². The standard InChI is InChI=1S/C13H16N4O2/c1-8(2)11-12(15-16(3)13(11)14)9-5-4-6-10(7-9)17(18)19/h4-8H,14H2,1-3H3. The van der Waals surface area contributed by atoms with Crippen LogP contribution in [0.25, 0.3) is 11.3 Å². The number of aryl methyl sites for hydroxylation is 1. The predicted molar refractivity (Wildman–Crippen MR) is 73.8 cm³/mol. The summed E-state index contributed by atoms with van der Waals surface area (Å²) in [6, 6.07) is 6.45. The van der Waals surface area contributed by atoms with Crippen molar-refractivity contribution in [2.24, 2.45) is 7.05 Å². The number of benzene rings is 1. The Morgan fingerprint density at radius 2 is 2.11 bits per heavy atom. The number of nitrogen functional groups attached to an aromatic ring is 1. The van der Waals surface area contributed by atoms with Crippen LogP contribution in [0, 0.1) is 10.1 Å². The van der Waals surface area contributed by atoms with Crippen molar-refractivity contribution in [2.45, 2.75) is 19.8 Å². The summed E-state index contributed by atoms with van der Waals surface area (Å²) in [5, 5.41) is 15.2. The summed E-state index contributed by atoms with van der Waals surface area (Å²) in [7, 11) is 1.77. The predicted octanol–water partition coefficient (Wildman–Crippen LogP) is 2.70. The second kappa shape index (κ2) is 4.72. The third-order valence-corrected chi connectivity index (χ3v) is 3.04.